The van der Waals surface area contributed by atoms with Gasteiger partial charge in [-0.05, 0) is 29.7 Å². The molecule has 11 nitrogen and oxygen atoms in total. The van der Waals surface area contributed by atoms with E-state index < -0.39 is 37.2 Å². The number of nitrogen functional groups attached to an aromatic ring is 1. The number of nitro groups is 1. The van der Waals surface area contributed by atoms with Crippen LogP contribution < -0.4 is 5.73 Å². The Morgan fingerprint density at radius 1 is 0.857 bits per heavy atom. The fourth-order valence-electron chi connectivity index (χ4n) is 2.15. The second-order valence-corrected chi connectivity index (χ2v) is 6.90. The molecule has 0 fully saturated rings. The maximum absolute atomic E-state index is 10.9. The summed E-state index contributed by atoms with van der Waals surface area (Å²) in [7, 11) is -4.44. The molecule has 7 N–H and O–H groups in total. The van der Waals surface area contributed by atoms with Gasteiger partial charge in [0.25, 0.3) is 15.8 Å². The summed E-state index contributed by atoms with van der Waals surface area (Å²) in [6.45, 7) is 0. The van der Waals surface area contributed by atoms with Crippen molar-refractivity contribution in [3.63, 3.8) is 0 Å². The highest BCUT2D eigenvalue weighted by molar-refractivity contribution is 7.85. The number of nitrogens with two attached hydrogens (primary N) is 1. The van der Waals surface area contributed by atoms with Crippen molar-refractivity contribution in [2.24, 2.45) is 0 Å². The van der Waals surface area contributed by atoms with Crippen LogP contribution in [-0.2, 0) is 10.1 Å². The van der Waals surface area contributed by atoms with Gasteiger partial charge < -0.3 is 26.2 Å². The zero-order valence-corrected chi connectivity index (χ0v) is 14.7. The van der Waals surface area contributed by atoms with E-state index in [-0.39, 0.29) is 27.9 Å². The molecule has 0 radical (unpaired) electrons. The Kier molecular flexibility index (Phi) is 5.47. The van der Waals surface area contributed by atoms with Crippen molar-refractivity contribution in [2.75, 3.05) is 5.73 Å². The molecule has 0 saturated heterocycles. The number of anilines is 1. The first-order valence-electron chi connectivity index (χ1n) is 7.29. The Labute approximate surface area is 157 Å². The molecule has 0 unspecified atom stereocenters. The van der Waals surface area contributed by atoms with E-state index in [1.165, 1.54) is 12.1 Å². The number of aromatic hydroxyl groups is 4. The van der Waals surface area contributed by atoms with Crippen molar-refractivity contribution in [1.82, 2.24) is 0 Å². The second kappa shape index (κ2) is 7.46. The van der Waals surface area contributed by atoms with Crippen molar-refractivity contribution in [1.29, 1.82) is 0 Å². The lowest BCUT2D eigenvalue weighted by Crippen LogP contribution is -1.97. The minimum absolute atomic E-state index is 0.0131. The van der Waals surface area contributed by atoms with Crippen LogP contribution in [0.5, 0.6) is 23.0 Å². The van der Waals surface area contributed by atoms with E-state index in [4.69, 9.17) is 15.4 Å². The van der Waals surface area contributed by atoms with Crippen molar-refractivity contribution >= 4 is 32.3 Å². The number of hydrogen-bond acceptors (Lipinski definition) is 9. The predicted octanol–water partition coefficient (Wildman–Crippen LogP) is 2.09. The van der Waals surface area contributed by atoms with E-state index in [0.717, 1.165) is 30.3 Å². The van der Waals surface area contributed by atoms with Gasteiger partial charge in [0, 0.05) is 23.6 Å². The average molecular weight is 410 g/mol. The summed E-state index contributed by atoms with van der Waals surface area (Å²) in [4.78, 5) is 9.07. The third-order valence-electron chi connectivity index (χ3n) is 3.52. The molecule has 0 spiro atoms. The zero-order chi connectivity index (χ0) is 21.2. The molecule has 0 amide bonds. The number of fused-ring (bicyclic) bond motifs is 1. The zero-order valence-electron chi connectivity index (χ0n) is 13.8. The minimum Gasteiger partial charge on any atom is -0.507 e. The van der Waals surface area contributed by atoms with E-state index in [1.807, 2.05) is 0 Å². The first-order valence-corrected chi connectivity index (χ1v) is 8.73. The number of hydrogen-bond donors (Lipinski definition) is 6. The molecule has 28 heavy (non-hydrogen) atoms. The number of rotatable bonds is 2. The summed E-state index contributed by atoms with van der Waals surface area (Å²) in [5.74, 6) is -1.46. The fourth-order valence-corrected chi connectivity index (χ4v) is 2.68. The third kappa shape index (κ3) is 4.49. The SMILES string of the molecule is Nc1cc([N+](=O)[O-])ccc1O.O=S(=O)(O)c1cc(O)c2cc(O)c(O)cc2c1. The molecule has 0 aliphatic rings. The monoisotopic (exact) mass is 410 g/mol. The van der Waals surface area contributed by atoms with Crippen LogP contribution in [0.15, 0.2) is 47.4 Å². The van der Waals surface area contributed by atoms with Crippen LogP contribution in [0.2, 0.25) is 0 Å². The number of nitro benzene ring substituents is 1. The Morgan fingerprint density at radius 3 is 2.00 bits per heavy atom. The fraction of sp³-hybridized carbons (Fsp3) is 0. The molecule has 3 aromatic carbocycles. The van der Waals surface area contributed by atoms with Crippen LogP contribution in [0.3, 0.4) is 0 Å². The van der Waals surface area contributed by atoms with Gasteiger partial charge in [-0.25, -0.2) is 0 Å². The Morgan fingerprint density at radius 2 is 1.46 bits per heavy atom. The number of non-ortho nitro benzene ring substituents is 1. The molecule has 0 aliphatic heterocycles. The summed E-state index contributed by atoms with van der Waals surface area (Å²) in [6.07, 6.45) is 0. The highest BCUT2D eigenvalue weighted by Gasteiger charge is 2.14. The first kappa shape index (κ1) is 20.5. The van der Waals surface area contributed by atoms with E-state index in [1.54, 1.807) is 0 Å². The van der Waals surface area contributed by atoms with Gasteiger partial charge in [-0.1, -0.05) is 0 Å². The highest BCUT2D eigenvalue weighted by Crippen LogP contribution is 2.36. The lowest BCUT2D eigenvalue weighted by Gasteiger charge is -2.06. The van der Waals surface area contributed by atoms with Crippen LogP contribution in [-0.4, -0.2) is 38.3 Å². The predicted molar refractivity (Wildman–Crippen MR) is 97.9 cm³/mol. The lowest BCUT2D eigenvalue weighted by atomic mass is 10.1. The van der Waals surface area contributed by atoms with Crippen molar-refractivity contribution in [3.8, 4) is 23.0 Å². The molecule has 3 aromatic rings. The van der Waals surface area contributed by atoms with E-state index in [9.17, 15) is 33.9 Å². The van der Waals surface area contributed by atoms with Crippen LogP contribution >= 0.6 is 0 Å². The smallest absolute Gasteiger partial charge is 0.294 e. The standard InChI is InChI=1S/C10H8O6S.C6H6N2O3/c11-8-3-6(17(14,15)16)1-5-2-9(12)10(13)4-7(5)8;7-5-3-4(8(10)11)1-2-6(5)9/h1-4,11-13H,(H,14,15,16);1-3,9H,7H2. The van der Waals surface area contributed by atoms with Crippen molar-refractivity contribution in [2.45, 2.75) is 4.90 Å². The summed E-state index contributed by atoms with van der Waals surface area (Å²) in [6, 6.07) is 7.58. The van der Waals surface area contributed by atoms with Gasteiger partial charge in [0.2, 0.25) is 0 Å². The van der Waals surface area contributed by atoms with Gasteiger partial charge in [-0.2, -0.15) is 8.42 Å². The van der Waals surface area contributed by atoms with Crippen molar-refractivity contribution in [3.05, 3.63) is 52.6 Å². The summed E-state index contributed by atoms with van der Waals surface area (Å²) < 4.78 is 30.7. The molecule has 3 rings (SSSR count). The van der Waals surface area contributed by atoms with E-state index >= 15 is 0 Å². The molecular weight excluding hydrogens is 396 g/mol. The van der Waals surface area contributed by atoms with Crippen molar-refractivity contribution < 1.29 is 38.3 Å². The number of phenolic OH excluding ortho intramolecular Hbond substituents is 4. The van der Waals surface area contributed by atoms with Crippen LogP contribution in [0, 0.1) is 10.1 Å². The Hall–Kier alpha value is -3.77. The molecule has 0 saturated carbocycles. The van der Waals surface area contributed by atoms with Gasteiger partial charge in [0.05, 0.1) is 15.5 Å². The van der Waals surface area contributed by atoms with Gasteiger partial charge in [0.1, 0.15) is 11.5 Å². The number of nitrogens with zero attached hydrogens (tertiary/aromatic N) is 1. The third-order valence-corrected chi connectivity index (χ3v) is 4.35. The first-order chi connectivity index (χ1) is 12.9. The molecule has 148 valence electrons. The molecule has 0 heterocycles. The molecular formula is C16H14N2O9S. The molecule has 0 aliphatic carbocycles. The molecule has 12 heteroatoms. The van der Waals surface area contributed by atoms with Crippen LogP contribution in [0.25, 0.3) is 10.8 Å². The summed E-state index contributed by atoms with van der Waals surface area (Å²) >= 11 is 0. The van der Waals surface area contributed by atoms with Gasteiger partial charge in [-0.3, -0.25) is 14.7 Å². The highest BCUT2D eigenvalue weighted by atomic mass is 32.2. The quantitative estimate of drug-likeness (QED) is 0.119. The van der Waals surface area contributed by atoms with Crippen LogP contribution in [0.1, 0.15) is 0 Å². The van der Waals surface area contributed by atoms with E-state index in [0.29, 0.717) is 0 Å². The van der Waals surface area contributed by atoms with Crippen LogP contribution in [0.4, 0.5) is 11.4 Å². The van der Waals surface area contributed by atoms with Gasteiger partial charge >= 0.3 is 0 Å². The number of phenols is 4. The van der Waals surface area contributed by atoms with Gasteiger partial charge in [-0.15, -0.1) is 0 Å². The largest absolute Gasteiger partial charge is 0.507 e. The maximum atomic E-state index is 10.9. The minimum atomic E-state index is -4.44. The Bertz CT molecular complexity index is 1180. The number of benzene rings is 3. The normalized spacial score (nSPS) is 10.9. The average Bonchev–Trinajstić information content (AvgIpc) is 2.58. The molecule has 0 aromatic heterocycles. The maximum Gasteiger partial charge on any atom is 0.294 e. The lowest BCUT2D eigenvalue weighted by molar-refractivity contribution is -0.384. The Balaban J connectivity index is 0.000000221. The summed E-state index contributed by atoms with van der Waals surface area (Å²) in [5.41, 5.74) is 5.09. The second-order valence-electron chi connectivity index (χ2n) is 5.48. The van der Waals surface area contributed by atoms with E-state index in [2.05, 4.69) is 0 Å². The summed E-state index contributed by atoms with van der Waals surface area (Å²) in [5, 5.41) is 47.4. The topological polar surface area (TPSA) is 204 Å². The van der Waals surface area contributed by atoms with Gasteiger partial charge in [0.15, 0.2) is 11.5 Å². The molecule has 0 atom stereocenters. The molecule has 0 bridgehead atoms.